The Labute approximate surface area is 138 Å². The summed E-state index contributed by atoms with van der Waals surface area (Å²) in [6.45, 7) is 2.47. The zero-order valence-corrected chi connectivity index (χ0v) is 13.3. The van der Waals surface area contributed by atoms with E-state index in [-0.39, 0.29) is 11.6 Å². The van der Waals surface area contributed by atoms with Crippen LogP contribution in [0.2, 0.25) is 5.02 Å². The standard InChI is InChI=1S/C17H15ClN4O/c1-12-6-8-13(9-7-12)10-19-17(23)15-11-22(21-20-15)16-5-3-2-4-14(16)18/h2-9,11H,10H2,1H3,(H,19,23). The largest absolute Gasteiger partial charge is 0.347 e. The molecule has 0 saturated heterocycles. The molecule has 0 bridgehead atoms. The van der Waals surface area contributed by atoms with Crippen LogP contribution < -0.4 is 5.32 Å². The Morgan fingerprint density at radius 1 is 1.17 bits per heavy atom. The molecule has 116 valence electrons. The summed E-state index contributed by atoms with van der Waals surface area (Å²) < 4.78 is 1.49. The third kappa shape index (κ3) is 3.57. The summed E-state index contributed by atoms with van der Waals surface area (Å²) in [7, 11) is 0. The van der Waals surface area contributed by atoms with E-state index in [0.717, 1.165) is 5.56 Å². The van der Waals surface area contributed by atoms with E-state index < -0.39 is 0 Å². The first-order valence-electron chi connectivity index (χ1n) is 7.14. The van der Waals surface area contributed by atoms with Crippen molar-refractivity contribution in [3.05, 3.63) is 76.6 Å². The summed E-state index contributed by atoms with van der Waals surface area (Å²) >= 11 is 6.11. The van der Waals surface area contributed by atoms with E-state index in [9.17, 15) is 4.79 Å². The van der Waals surface area contributed by atoms with Crippen LogP contribution in [0.1, 0.15) is 21.6 Å². The molecule has 1 heterocycles. The summed E-state index contributed by atoms with van der Waals surface area (Å²) in [6.07, 6.45) is 1.56. The van der Waals surface area contributed by atoms with E-state index in [1.54, 1.807) is 12.3 Å². The fraction of sp³-hybridized carbons (Fsp3) is 0.118. The average Bonchev–Trinajstić information content (AvgIpc) is 3.04. The highest BCUT2D eigenvalue weighted by Crippen LogP contribution is 2.18. The fourth-order valence-electron chi connectivity index (χ4n) is 2.10. The molecule has 2 aromatic carbocycles. The molecule has 1 N–H and O–H groups in total. The van der Waals surface area contributed by atoms with Gasteiger partial charge in [0.25, 0.3) is 5.91 Å². The Morgan fingerprint density at radius 3 is 2.65 bits per heavy atom. The predicted octanol–water partition coefficient (Wildman–Crippen LogP) is 3.16. The molecule has 3 rings (SSSR count). The summed E-state index contributed by atoms with van der Waals surface area (Å²) in [5.41, 5.74) is 3.14. The Bertz CT molecular complexity index is 827. The van der Waals surface area contributed by atoms with Crippen LogP contribution in [-0.2, 0) is 6.54 Å². The molecule has 0 atom stereocenters. The van der Waals surface area contributed by atoms with Crippen LogP contribution in [0.5, 0.6) is 0 Å². The van der Waals surface area contributed by atoms with Gasteiger partial charge in [-0.25, -0.2) is 4.68 Å². The number of carbonyl (C=O) groups excluding carboxylic acids is 1. The van der Waals surface area contributed by atoms with Gasteiger partial charge in [0.1, 0.15) is 0 Å². The van der Waals surface area contributed by atoms with Gasteiger partial charge in [-0.3, -0.25) is 4.79 Å². The van der Waals surface area contributed by atoms with Crippen LogP contribution in [0.25, 0.3) is 5.69 Å². The average molecular weight is 327 g/mol. The van der Waals surface area contributed by atoms with Crippen LogP contribution in [-0.4, -0.2) is 20.9 Å². The van der Waals surface area contributed by atoms with Crippen LogP contribution >= 0.6 is 11.6 Å². The Balaban J connectivity index is 1.69. The maximum Gasteiger partial charge on any atom is 0.273 e. The van der Waals surface area contributed by atoms with Gasteiger partial charge in [0, 0.05) is 6.54 Å². The van der Waals surface area contributed by atoms with E-state index in [1.807, 2.05) is 49.4 Å². The number of para-hydroxylation sites is 1. The molecule has 23 heavy (non-hydrogen) atoms. The van der Waals surface area contributed by atoms with Crippen molar-refractivity contribution in [2.45, 2.75) is 13.5 Å². The van der Waals surface area contributed by atoms with E-state index in [2.05, 4.69) is 15.6 Å². The number of aromatic nitrogens is 3. The number of rotatable bonds is 4. The second-order valence-electron chi connectivity index (χ2n) is 5.17. The maximum atomic E-state index is 12.2. The number of halogens is 1. The molecule has 3 aromatic rings. The van der Waals surface area contributed by atoms with Gasteiger partial charge in [-0.2, -0.15) is 0 Å². The highest BCUT2D eigenvalue weighted by atomic mass is 35.5. The number of hydrogen-bond acceptors (Lipinski definition) is 3. The molecule has 1 aromatic heterocycles. The highest BCUT2D eigenvalue weighted by molar-refractivity contribution is 6.32. The Morgan fingerprint density at radius 2 is 1.91 bits per heavy atom. The molecule has 0 aliphatic heterocycles. The summed E-state index contributed by atoms with van der Waals surface area (Å²) in [5, 5.41) is 11.2. The number of nitrogens with one attached hydrogen (secondary N) is 1. The minimum Gasteiger partial charge on any atom is -0.347 e. The summed E-state index contributed by atoms with van der Waals surface area (Å²) in [6, 6.07) is 15.2. The lowest BCUT2D eigenvalue weighted by atomic mass is 10.1. The quantitative estimate of drug-likeness (QED) is 0.801. The van der Waals surface area contributed by atoms with Crippen molar-refractivity contribution in [2.75, 3.05) is 0 Å². The zero-order valence-electron chi connectivity index (χ0n) is 12.5. The molecule has 0 saturated carbocycles. The van der Waals surface area contributed by atoms with Gasteiger partial charge in [0.15, 0.2) is 5.69 Å². The molecule has 0 aliphatic carbocycles. The van der Waals surface area contributed by atoms with Crippen LogP contribution in [0.3, 0.4) is 0 Å². The van der Waals surface area contributed by atoms with Gasteiger partial charge in [0.05, 0.1) is 16.9 Å². The smallest absolute Gasteiger partial charge is 0.273 e. The van der Waals surface area contributed by atoms with Crippen molar-refractivity contribution in [2.24, 2.45) is 0 Å². The molecular formula is C17H15ClN4O. The van der Waals surface area contributed by atoms with Crippen LogP contribution in [0, 0.1) is 6.92 Å². The predicted molar refractivity (Wildman–Crippen MR) is 88.7 cm³/mol. The lowest BCUT2D eigenvalue weighted by molar-refractivity contribution is 0.0946. The topological polar surface area (TPSA) is 59.8 Å². The first kappa shape index (κ1) is 15.2. The normalized spacial score (nSPS) is 10.5. The van der Waals surface area contributed by atoms with E-state index in [1.165, 1.54) is 10.2 Å². The van der Waals surface area contributed by atoms with Gasteiger partial charge < -0.3 is 5.32 Å². The maximum absolute atomic E-state index is 12.2. The second kappa shape index (κ2) is 6.62. The number of hydrogen-bond donors (Lipinski definition) is 1. The van der Waals surface area contributed by atoms with Gasteiger partial charge in [0.2, 0.25) is 0 Å². The SMILES string of the molecule is Cc1ccc(CNC(=O)c2cn(-c3ccccc3Cl)nn2)cc1. The molecule has 0 fully saturated rings. The third-order valence-electron chi connectivity index (χ3n) is 3.40. The van der Waals surface area contributed by atoms with Gasteiger partial charge in [-0.1, -0.05) is 58.8 Å². The van der Waals surface area contributed by atoms with E-state index >= 15 is 0 Å². The molecular weight excluding hydrogens is 312 g/mol. The minimum atomic E-state index is -0.274. The van der Waals surface area contributed by atoms with Crippen molar-refractivity contribution in [1.82, 2.24) is 20.3 Å². The zero-order chi connectivity index (χ0) is 16.2. The molecule has 0 unspecified atom stereocenters. The first-order valence-corrected chi connectivity index (χ1v) is 7.52. The number of benzene rings is 2. The fourth-order valence-corrected chi connectivity index (χ4v) is 2.32. The lowest BCUT2D eigenvalue weighted by Gasteiger charge is -2.03. The molecule has 0 spiro atoms. The van der Waals surface area contributed by atoms with Crippen molar-refractivity contribution in [3.8, 4) is 5.69 Å². The Kier molecular flexibility index (Phi) is 4.39. The molecule has 1 amide bonds. The highest BCUT2D eigenvalue weighted by Gasteiger charge is 2.12. The van der Waals surface area contributed by atoms with E-state index in [4.69, 9.17) is 11.6 Å². The van der Waals surface area contributed by atoms with Gasteiger partial charge >= 0.3 is 0 Å². The Hall–Kier alpha value is -2.66. The van der Waals surface area contributed by atoms with Gasteiger partial charge in [-0.15, -0.1) is 5.10 Å². The molecule has 5 nitrogen and oxygen atoms in total. The summed E-state index contributed by atoms with van der Waals surface area (Å²) in [4.78, 5) is 12.2. The van der Waals surface area contributed by atoms with Crippen molar-refractivity contribution in [1.29, 1.82) is 0 Å². The number of amides is 1. The monoisotopic (exact) mass is 326 g/mol. The molecule has 0 radical (unpaired) electrons. The van der Waals surface area contributed by atoms with Crippen molar-refractivity contribution >= 4 is 17.5 Å². The van der Waals surface area contributed by atoms with Crippen LogP contribution in [0.4, 0.5) is 0 Å². The van der Waals surface area contributed by atoms with E-state index in [0.29, 0.717) is 17.3 Å². The third-order valence-corrected chi connectivity index (χ3v) is 3.72. The summed E-state index contributed by atoms with van der Waals surface area (Å²) in [5.74, 6) is -0.274. The number of carbonyl (C=O) groups is 1. The molecule has 6 heteroatoms. The van der Waals surface area contributed by atoms with Crippen molar-refractivity contribution in [3.63, 3.8) is 0 Å². The lowest BCUT2D eigenvalue weighted by Crippen LogP contribution is -2.23. The number of nitrogens with zero attached hydrogens (tertiary/aromatic N) is 3. The van der Waals surface area contributed by atoms with Gasteiger partial charge in [-0.05, 0) is 24.6 Å². The minimum absolute atomic E-state index is 0.247. The number of aryl methyl sites for hydroxylation is 1. The molecule has 0 aliphatic rings. The van der Waals surface area contributed by atoms with Crippen molar-refractivity contribution < 1.29 is 4.79 Å². The second-order valence-corrected chi connectivity index (χ2v) is 5.58. The van der Waals surface area contributed by atoms with Crippen LogP contribution in [0.15, 0.2) is 54.7 Å². The first-order chi connectivity index (χ1) is 11.1.